The maximum absolute atomic E-state index is 12.9. The molecule has 542 valence electrons. The first kappa shape index (κ1) is 90.0. The summed E-state index contributed by atoms with van der Waals surface area (Å²) in [5, 5.41) is 0. The summed E-state index contributed by atoms with van der Waals surface area (Å²) in [6.07, 6.45) is 96.7. The van der Waals surface area contributed by atoms with Crippen molar-refractivity contribution in [2.75, 3.05) is 47.5 Å². The molecule has 0 saturated heterocycles. The van der Waals surface area contributed by atoms with E-state index in [0.717, 1.165) is 44.9 Å². The number of carbonyl (C=O) groups excluding carboxylic acids is 2. The van der Waals surface area contributed by atoms with Crippen molar-refractivity contribution in [3.63, 3.8) is 0 Å². The average Bonchev–Trinajstić information content (AvgIpc) is 2.14. The van der Waals surface area contributed by atoms with Crippen LogP contribution in [0.2, 0.25) is 0 Å². The third-order valence-corrected chi connectivity index (χ3v) is 19.3. The van der Waals surface area contributed by atoms with E-state index in [1.54, 1.807) is 0 Å². The molecule has 0 N–H and O–H groups in total. The molecule has 0 aliphatic heterocycles. The Morgan fingerprint density at radius 2 is 0.587 bits per heavy atom. The van der Waals surface area contributed by atoms with Crippen LogP contribution in [0.4, 0.5) is 0 Å². The van der Waals surface area contributed by atoms with Crippen molar-refractivity contribution < 1.29 is 42.1 Å². The second-order valence-electron chi connectivity index (χ2n) is 28.8. The number of unbranched alkanes of at least 4 members (excludes halogenated alkanes) is 54. The number of hydrogen-bond acceptors (Lipinski definition) is 8. The van der Waals surface area contributed by atoms with E-state index in [2.05, 4.69) is 62.5 Å². The van der Waals surface area contributed by atoms with Crippen LogP contribution in [0.5, 0.6) is 0 Å². The number of nitrogens with zero attached hydrogens (tertiary/aromatic N) is 1. The Bertz CT molecular complexity index is 1690. The first-order valence-corrected chi connectivity index (χ1v) is 41.8. The van der Waals surface area contributed by atoms with E-state index in [1.165, 1.54) is 334 Å². The molecular weight excluding hydrogens is 1160 g/mol. The van der Waals surface area contributed by atoms with Gasteiger partial charge in [-0.3, -0.25) is 14.2 Å². The van der Waals surface area contributed by atoms with E-state index in [4.69, 9.17) is 18.5 Å². The number of esters is 2. The minimum absolute atomic E-state index is 0.0280. The second-order valence-corrected chi connectivity index (χ2v) is 30.2. The van der Waals surface area contributed by atoms with Crippen molar-refractivity contribution in [2.24, 2.45) is 0 Å². The fourth-order valence-electron chi connectivity index (χ4n) is 12.1. The standard InChI is InChI=1S/C82H156NO8P/c1-6-8-10-12-14-16-18-20-22-24-26-28-30-32-34-36-37-38-39-40-41-42-43-44-45-47-49-51-53-55-57-59-61-63-65-67-69-71-73-75-82(85)91-80(79-90-92(86,87)89-77-76-83(3,4)5)78-88-81(84)74-72-70-68-66-64-62-60-58-56-54-52-50-48-46-35-33-31-29-27-25-23-21-19-17-15-13-11-9-7-2/h18-21,24-27,80H,6-17,22-23,28-79H2,1-5H3/b20-18-,21-19-,26-24-,27-25-. The van der Waals surface area contributed by atoms with Crippen LogP contribution in [0.3, 0.4) is 0 Å². The molecule has 0 aromatic rings. The molecule has 0 amide bonds. The van der Waals surface area contributed by atoms with E-state index in [-0.39, 0.29) is 32.0 Å². The third-order valence-electron chi connectivity index (χ3n) is 18.3. The van der Waals surface area contributed by atoms with Gasteiger partial charge in [0.05, 0.1) is 27.7 Å². The van der Waals surface area contributed by atoms with Gasteiger partial charge in [0, 0.05) is 12.8 Å². The van der Waals surface area contributed by atoms with E-state index < -0.39 is 26.5 Å². The van der Waals surface area contributed by atoms with Crippen LogP contribution >= 0.6 is 7.82 Å². The Morgan fingerprint density at radius 3 is 0.859 bits per heavy atom. The zero-order chi connectivity index (χ0) is 66.9. The van der Waals surface area contributed by atoms with Gasteiger partial charge in [-0.05, 0) is 77.0 Å². The number of hydrogen-bond donors (Lipinski definition) is 0. The summed E-state index contributed by atoms with van der Waals surface area (Å²) in [5.41, 5.74) is 0. The molecule has 10 heteroatoms. The lowest BCUT2D eigenvalue weighted by atomic mass is 10.0. The lowest BCUT2D eigenvalue weighted by molar-refractivity contribution is -0.870. The number of carbonyl (C=O) groups is 2. The van der Waals surface area contributed by atoms with Crippen LogP contribution in [0.1, 0.15) is 412 Å². The molecule has 0 saturated carbocycles. The van der Waals surface area contributed by atoms with Gasteiger partial charge in [-0.1, -0.05) is 371 Å². The Kier molecular flexibility index (Phi) is 71.6. The molecular formula is C82H156NO8P. The average molecular weight is 1320 g/mol. The molecule has 0 fully saturated rings. The molecule has 2 unspecified atom stereocenters. The molecule has 92 heavy (non-hydrogen) atoms. The molecule has 0 aromatic heterocycles. The minimum atomic E-state index is -4.64. The van der Waals surface area contributed by atoms with Gasteiger partial charge >= 0.3 is 11.9 Å². The predicted molar refractivity (Wildman–Crippen MR) is 397 cm³/mol. The monoisotopic (exact) mass is 1310 g/mol. The third kappa shape index (κ3) is 77.0. The highest BCUT2D eigenvalue weighted by molar-refractivity contribution is 7.45. The Labute approximate surface area is 573 Å². The van der Waals surface area contributed by atoms with Crippen molar-refractivity contribution >= 4 is 19.8 Å². The van der Waals surface area contributed by atoms with E-state index in [0.29, 0.717) is 17.4 Å². The van der Waals surface area contributed by atoms with Gasteiger partial charge in [0.2, 0.25) is 0 Å². The summed E-state index contributed by atoms with van der Waals surface area (Å²) < 4.78 is 34.4. The van der Waals surface area contributed by atoms with E-state index in [1.807, 2.05) is 21.1 Å². The SMILES string of the molecule is CCCCCCC/C=C\C/C=C\CCCCCCCCCCCCCCCCCCCCCCCCCCCCCC(=O)OC(COC(=O)CCCCCCCCCCCCCCCCCCC/C=C\C/C=C\CCCCCCC)COP(=O)([O-])OCC[N+](C)(C)C. The number of phosphoric ester groups is 1. The lowest BCUT2D eigenvalue weighted by Crippen LogP contribution is -2.37. The first-order chi connectivity index (χ1) is 45.0. The summed E-state index contributed by atoms with van der Waals surface area (Å²) >= 11 is 0. The van der Waals surface area contributed by atoms with Crippen molar-refractivity contribution in [1.29, 1.82) is 0 Å². The van der Waals surface area contributed by atoms with Gasteiger partial charge in [-0.15, -0.1) is 0 Å². The van der Waals surface area contributed by atoms with Crippen LogP contribution in [-0.4, -0.2) is 70.0 Å². The quantitative estimate of drug-likeness (QED) is 0.0195. The van der Waals surface area contributed by atoms with Gasteiger partial charge < -0.3 is 27.9 Å². The number of rotatable bonds is 76. The molecule has 0 aromatic carbocycles. The summed E-state index contributed by atoms with van der Waals surface area (Å²) in [5.74, 6) is -0.809. The topological polar surface area (TPSA) is 111 Å². The van der Waals surface area contributed by atoms with Gasteiger partial charge in [0.15, 0.2) is 6.10 Å². The van der Waals surface area contributed by atoms with E-state index >= 15 is 0 Å². The molecule has 0 spiro atoms. The smallest absolute Gasteiger partial charge is 0.306 e. The summed E-state index contributed by atoms with van der Waals surface area (Å²) in [7, 11) is 1.19. The van der Waals surface area contributed by atoms with E-state index in [9.17, 15) is 19.0 Å². The molecule has 0 rings (SSSR count). The Hall–Kier alpha value is -2.03. The summed E-state index contributed by atoms with van der Waals surface area (Å²) in [6.45, 7) is 4.29. The number of quaternary nitrogens is 1. The van der Waals surface area contributed by atoms with Crippen LogP contribution in [0.15, 0.2) is 48.6 Å². The predicted octanol–water partition coefficient (Wildman–Crippen LogP) is 26.1. The molecule has 0 radical (unpaired) electrons. The normalized spacial score (nSPS) is 13.2. The van der Waals surface area contributed by atoms with Gasteiger partial charge in [0.25, 0.3) is 7.82 Å². The number of ether oxygens (including phenoxy) is 2. The Morgan fingerprint density at radius 1 is 0.337 bits per heavy atom. The number of likely N-dealkylation sites (N-methyl/N-ethyl adjacent to an activating group) is 1. The van der Waals surface area contributed by atoms with Gasteiger partial charge in [-0.25, -0.2) is 0 Å². The molecule has 0 aliphatic rings. The number of phosphoric acid groups is 1. The maximum atomic E-state index is 12.9. The van der Waals surface area contributed by atoms with Crippen LogP contribution in [0.25, 0.3) is 0 Å². The van der Waals surface area contributed by atoms with Crippen LogP contribution < -0.4 is 4.89 Å². The molecule has 0 aliphatic carbocycles. The zero-order valence-electron chi connectivity index (χ0n) is 62.0. The van der Waals surface area contributed by atoms with Crippen LogP contribution in [-0.2, 0) is 32.7 Å². The molecule has 0 bridgehead atoms. The first-order valence-electron chi connectivity index (χ1n) is 40.3. The van der Waals surface area contributed by atoms with Crippen molar-refractivity contribution in [1.82, 2.24) is 0 Å². The van der Waals surface area contributed by atoms with Gasteiger partial charge in [0.1, 0.15) is 19.8 Å². The fourth-order valence-corrected chi connectivity index (χ4v) is 12.9. The van der Waals surface area contributed by atoms with Gasteiger partial charge in [-0.2, -0.15) is 0 Å². The molecule has 9 nitrogen and oxygen atoms in total. The Balaban J connectivity index is 3.89. The summed E-state index contributed by atoms with van der Waals surface area (Å²) in [6, 6.07) is 0. The van der Waals surface area contributed by atoms with Crippen molar-refractivity contribution in [3.8, 4) is 0 Å². The summed E-state index contributed by atoms with van der Waals surface area (Å²) in [4.78, 5) is 38.2. The maximum Gasteiger partial charge on any atom is 0.306 e. The number of allylic oxidation sites excluding steroid dienone is 8. The lowest BCUT2D eigenvalue weighted by Gasteiger charge is -2.28. The van der Waals surface area contributed by atoms with Crippen molar-refractivity contribution in [2.45, 2.75) is 418 Å². The minimum Gasteiger partial charge on any atom is -0.756 e. The largest absolute Gasteiger partial charge is 0.756 e. The molecule has 2 atom stereocenters. The zero-order valence-corrected chi connectivity index (χ0v) is 62.9. The highest BCUT2D eigenvalue weighted by atomic mass is 31.2. The highest BCUT2D eigenvalue weighted by Crippen LogP contribution is 2.38. The van der Waals surface area contributed by atoms with Crippen molar-refractivity contribution in [3.05, 3.63) is 48.6 Å². The second kappa shape index (κ2) is 73.2. The highest BCUT2D eigenvalue weighted by Gasteiger charge is 2.22. The molecule has 0 heterocycles. The fraction of sp³-hybridized carbons (Fsp3) is 0.878. The van der Waals surface area contributed by atoms with Crippen LogP contribution in [0, 0.1) is 0 Å².